The van der Waals surface area contributed by atoms with Crippen molar-refractivity contribution in [1.29, 1.82) is 0 Å². The van der Waals surface area contributed by atoms with E-state index in [-0.39, 0.29) is 11.9 Å². The minimum atomic E-state index is -5.00. The van der Waals surface area contributed by atoms with Crippen LogP contribution >= 0.6 is 0 Å². The maximum atomic E-state index is 12.8. The normalized spacial score (nSPS) is 12.1. The van der Waals surface area contributed by atoms with Gasteiger partial charge in [-0.15, -0.1) is 0 Å². The Balaban J connectivity index is 2.53. The summed E-state index contributed by atoms with van der Waals surface area (Å²) in [6, 6.07) is 3.23. The topological polar surface area (TPSA) is 62.2 Å². The van der Waals surface area contributed by atoms with E-state index in [0.29, 0.717) is 12.1 Å². The van der Waals surface area contributed by atoms with Crippen LogP contribution in [0.1, 0.15) is 21.5 Å². The van der Waals surface area contributed by atoms with Crippen molar-refractivity contribution in [2.75, 3.05) is 5.32 Å². The third-order valence-electron chi connectivity index (χ3n) is 2.89. The first kappa shape index (κ1) is 17.6. The van der Waals surface area contributed by atoms with Gasteiger partial charge in [-0.3, -0.25) is 0 Å². The molecular weight excluding hydrogens is 342 g/mol. The first-order chi connectivity index (χ1) is 11.0. The molecule has 0 saturated carbocycles. The van der Waals surface area contributed by atoms with Gasteiger partial charge in [-0.1, -0.05) is 0 Å². The van der Waals surface area contributed by atoms with Gasteiger partial charge in [0.1, 0.15) is 11.4 Å². The van der Waals surface area contributed by atoms with E-state index in [1.165, 1.54) is 6.07 Å². The van der Waals surface area contributed by atoms with Gasteiger partial charge in [0.05, 0.1) is 11.1 Å². The zero-order chi connectivity index (χ0) is 18.1. The maximum absolute atomic E-state index is 12.8. The third kappa shape index (κ3) is 3.94. The van der Waals surface area contributed by atoms with Gasteiger partial charge >= 0.3 is 18.3 Å². The largest absolute Gasteiger partial charge is 0.478 e. The summed E-state index contributed by atoms with van der Waals surface area (Å²) in [5.74, 6) is -1.81. The van der Waals surface area contributed by atoms with Crippen molar-refractivity contribution in [2.45, 2.75) is 12.4 Å². The van der Waals surface area contributed by atoms with Crippen molar-refractivity contribution < 1.29 is 36.2 Å². The van der Waals surface area contributed by atoms with Crippen LogP contribution in [0.3, 0.4) is 0 Å². The fraction of sp³-hybridized carbons (Fsp3) is 0.143. The van der Waals surface area contributed by atoms with E-state index in [4.69, 9.17) is 5.11 Å². The number of carboxylic acids is 1. The average Bonchev–Trinajstić information content (AvgIpc) is 2.45. The van der Waals surface area contributed by atoms with Crippen molar-refractivity contribution in [1.82, 2.24) is 4.98 Å². The number of pyridine rings is 1. The molecule has 0 fully saturated rings. The molecule has 0 radical (unpaired) electrons. The lowest BCUT2D eigenvalue weighted by atomic mass is 10.1. The summed E-state index contributed by atoms with van der Waals surface area (Å²) in [5, 5.41) is 11.2. The van der Waals surface area contributed by atoms with Gasteiger partial charge in [-0.05, 0) is 30.3 Å². The van der Waals surface area contributed by atoms with E-state index < -0.39 is 40.7 Å². The van der Waals surface area contributed by atoms with Gasteiger partial charge in [0, 0.05) is 11.9 Å². The number of carboxylic acid groups (broad SMARTS) is 1. The molecule has 0 aliphatic carbocycles. The molecule has 2 aromatic rings. The second-order valence-corrected chi connectivity index (χ2v) is 4.62. The van der Waals surface area contributed by atoms with Crippen LogP contribution in [0.15, 0.2) is 36.5 Å². The number of nitrogens with one attached hydrogen (secondary N) is 1. The highest BCUT2D eigenvalue weighted by Gasteiger charge is 2.37. The predicted molar refractivity (Wildman–Crippen MR) is 70.9 cm³/mol. The first-order valence-corrected chi connectivity index (χ1v) is 6.23. The van der Waals surface area contributed by atoms with E-state index in [1.54, 1.807) is 0 Å². The zero-order valence-corrected chi connectivity index (χ0v) is 11.5. The van der Waals surface area contributed by atoms with Crippen molar-refractivity contribution in [3.05, 3.63) is 53.2 Å². The molecule has 0 atom stereocenters. The fourth-order valence-corrected chi connectivity index (χ4v) is 1.84. The number of nitrogens with zero attached hydrogens (tertiary/aromatic N) is 1. The van der Waals surface area contributed by atoms with E-state index >= 15 is 0 Å². The van der Waals surface area contributed by atoms with E-state index in [1.807, 2.05) is 0 Å². The molecule has 10 heteroatoms. The quantitative estimate of drug-likeness (QED) is 0.797. The molecule has 24 heavy (non-hydrogen) atoms. The third-order valence-corrected chi connectivity index (χ3v) is 2.89. The number of hydrogen-bond donors (Lipinski definition) is 2. The Kier molecular flexibility index (Phi) is 4.41. The summed E-state index contributed by atoms with van der Waals surface area (Å²) < 4.78 is 76.7. The highest BCUT2D eigenvalue weighted by atomic mass is 19.4. The minimum Gasteiger partial charge on any atom is -0.478 e. The Bertz CT molecular complexity index is 738. The van der Waals surface area contributed by atoms with Crippen molar-refractivity contribution in [3.8, 4) is 0 Å². The van der Waals surface area contributed by atoms with Crippen LogP contribution in [0, 0.1) is 0 Å². The molecule has 0 bridgehead atoms. The lowest BCUT2D eigenvalue weighted by Gasteiger charge is -2.15. The number of carbonyl (C=O) groups is 1. The summed E-state index contributed by atoms with van der Waals surface area (Å²) in [7, 11) is 0. The summed E-state index contributed by atoms with van der Waals surface area (Å²) in [6.45, 7) is 0. The molecule has 1 aromatic carbocycles. The van der Waals surface area contributed by atoms with Crippen LogP contribution < -0.4 is 5.32 Å². The van der Waals surface area contributed by atoms with E-state index in [0.717, 1.165) is 12.3 Å². The van der Waals surface area contributed by atoms with Crippen LogP contribution in [0.5, 0.6) is 0 Å². The van der Waals surface area contributed by atoms with E-state index in [2.05, 4.69) is 10.3 Å². The number of rotatable bonds is 3. The van der Waals surface area contributed by atoms with Gasteiger partial charge in [0.15, 0.2) is 0 Å². The molecule has 128 valence electrons. The summed E-state index contributed by atoms with van der Waals surface area (Å²) in [4.78, 5) is 14.6. The van der Waals surface area contributed by atoms with Crippen molar-refractivity contribution in [3.63, 3.8) is 0 Å². The molecule has 0 saturated heterocycles. The smallest absolute Gasteiger partial charge is 0.416 e. The average molecular weight is 350 g/mol. The Morgan fingerprint density at radius 1 is 1.00 bits per heavy atom. The SMILES string of the molecule is O=C(O)c1cccnc1Nc1cc(C(F)(F)F)cc(C(F)(F)F)c1. The molecule has 4 nitrogen and oxygen atoms in total. The molecule has 0 spiro atoms. The molecule has 0 amide bonds. The Hall–Kier alpha value is -2.78. The minimum absolute atomic E-state index is 0.0261. The number of alkyl halides is 6. The van der Waals surface area contributed by atoms with Crippen LogP contribution in [0.25, 0.3) is 0 Å². The summed E-state index contributed by atoms with van der Waals surface area (Å²) in [5.41, 5.74) is -4.03. The molecule has 1 heterocycles. The van der Waals surface area contributed by atoms with E-state index in [9.17, 15) is 31.1 Å². The molecule has 0 unspecified atom stereocenters. The molecule has 0 aliphatic rings. The number of anilines is 2. The fourth-order valence-electron chi connectivity index (χ4n) is 1.84. The van der Waals surface area contributed by atoms with Crippen LogP contribution in [0.2, 0.25) is 0 Å². The number of aromatic carboxylic acids is 1. The first-order valence-electron chi connectivity index (χ1n) is 6.23. The highest BCUT2D eigenvalue weighted by molar-refractivity contribution is 5.93. The van der Waals surface area contributed by atoms with Crippen LogP contribution in [-0.4, -0.2) is 16.1 Å². The monoisotopic (exact) mass is 350 g/mol. The Morgan fingerprint density at radius 2 is 1.54 bits per heavy atom. The van der Waals surface area contributed by atoms with Gasteiger partial charge in [0.2, 0.25) is 0 Å². The van der Waals surface area contributed by atoms with Crippen molar-refractivity contribution >= 4 is 17.5 Å². The van der Waals surface area contributed by atoms with Crippen LogP contribution in [0.4, 0.5) is 37.8 Å². The molecule has 2 rings (SSSR count). The van der Waals surface area contributed by atoms with Crippen LogP contribution in [-0.2, 0) is 12.4 Å². The molecule has 2 N–H and O–H groups in total. The Morgan fingerprint density at radius 3 is 2.00 bits per heavy atom. The van der Waals surface area contributed by atoms with Crippen molar-refractivity contribution in [2.24, 2.45) is 0 Å². The number of benzene rings is 1. The lowest BCUT2D eigenvalue weighted by molar-refractivity contribution is -0.143. The van der Waals surface area contributed by atoms with Gasteiger partial charge in [0.25, 0.3) is 0 Å². The highest BCUT2D eigenvalue weighted by Crippen LogP contribution is 2.38. The predicted octanol–water partition coefficient (Wildman–Crippen LogP) is 4.56. The summed E-state index contributed by atoms with van der Waals surface area (Å²) >= 11 is 0. The Labute approximate surface area is 130 Å². The number of hydrogen-bond acceptors (Lipinski definition) is 3. The molecule has 0 aliphatic heterocycles. The number of aromatic nitrogens is 1. The summed E-state index contributed by atoms with van der Waals surface area (Å²) in [6.07, 6.45) is -8.86. The standard InChI is InChI=1S/C14H8F6N2O2/c15-13(16,17)7-4-8(14(18,19)20)6-9(5-7)22-11-10(12(23)24)2-1-3-21-11/h1-6H,(H,21,22)(H,23,24). The second-order valence-electron chi connectivity index (χ2n) is 4.62. The lowest BCUT2D eigenvalue weighted by Crippen LogP contribution is -2.12. The second kappa shape index (κ2) is 6.02. The van der Waals surface area contributed by atoms with Gasteiger partial charge in [-0.25, -0.2) is 9.78 Å². The molecular formula is C14H8F6N2O2. The molecule has 1 aromatic heterocycles. The van der Waals surface area contributed by atoms with Gasteiger partial charge < -0.3 is 10.4 Å². The maximum Gasteiger partial charge on any atom is 0.416 e. The number of halogens is 6. The van der Waals surface area contributed by atoms with Gasteiger partial charge in [-0.2, -0.15) is 26.3 Å². The zero-order valence-electron chi connectivity index (χ0n) is 11.5.